The molecular weight excluding hydrogens is 355 g/mol. The van der Waals surface area contributed by atoms with Crippen molar-refractivity contribution in [2.75, 3.05) is 27.2 Å². The van der Waals surface area contributed by atoms with E-state index in [1.165, 1.54) is 17.2 Å². The predicted molar refractivity (Wildman–Crippen MR) is 113 cm³/mol. The van der Waals surface area contributed by atoms with Gasteiger partial charge in [-0.05, 0) is 51.2 Å². The Bertz CT molecular complexity index is 764. The maximum Gasteiger partial charge on any atom is 0.191 e. The molecule has 2 aromatic rings. The van der Waals surface area contributed by atoms with Gasteiger partial charge in [-0.25, -0.2) is 9.38 Å². The first-order chi connectivity index (χ1) is 13.5. The smallest absolute Gasteiger partial charge is 0.191 e. The van der Waals surface area contributed by atoms with E-state index in [0.29, 0.717) is 19.0 Å². The first-order valence-corrected chi connectivity index (χ1v) is 9.64. The summed E-state index contributed by atoms with van der Waals surface area (Å²) >= 11 is 0. The lowest BCUT2D eigenvalue weighted by Gasteiger charge is -2.18. The van der Waals surface area contributed by atoms with E-state index in [9.17, 15) is 4.39 Å². The fourth-order valence-corrected chi connectivity index (χ4v) is 2.75. The summed E-state index contributed by atoms with van der Waals surface area (Å²) in [5, 5.41) is 6.51. The van der Waals surface area contributed by atoms with Crippen LogP contribution in [-0.4, -0.2) is 44.1 Å². The molecule has 0 saturated carbocycles. The Labute approximate surface area is 167 Å². The van der Waals surface area contributed by atoms with Gasteiger partial charge in [-0.1, -0.05) is 36.4 Å². The van der Waals surface area contributed by atoms with E-state index in [0.717, 1.165) is 13.1 Å². The summed E-state index contributed by atoms with van der Waals surface area (Å²) < 4.78 is 19.4. The van der Waals surface area contributed by atoms with Crippen molar-refractivity contribution in [2.45, 2.75) is 33.0 Å². The van der Waals surface area contributed by atoms with Gasteiger partial charge >= 0.3 is 0 Å². The minimum atomic E-state index is -0.354. The zero-order valence-corrected chi connectivity index (χ0v) is 17.2. The number of ether oxygens (including phenoxy) is 1. The summed E-state index contributed by atoms with van der Waals surface area (Å²) in [6.07, 6.45) is -0.207. The molecule has 0 aromatic heterocycles. The minimum absolute atomic E-state index is 0.207. The molecule has 1 unspecified atom stereocenters. The molecule has 152 valence electrons. The van der Waals surface area contributed by atoms with E-state index in [2.05, 4.69) is 47.8 Å². The highest BCUT2D eigenvalue weighted by Gasteiger charge is 2.09. The number of para-hydroxylation sites is 1. The SMILES string of the molecule is CCNC(=NCc1ccccc1CN(C)C)NCC(C)Oc1ccccc1F. The molecule has 2 rings (SSSR count). The van der Waals surface area contributed by atoms with E-state index >= 15 is 0 Å². The van der Waals surface area contributed by atoms with Gasteiger partial charge in [0.2, 0.25) is 0 Å². The Morgan fingerprint density at radius 1 is 1.07 bits per heavy atom. The average Bonchev–Trinajstić information content (AvgIpc) is 2.66. The van der Waals surface area contributed by atoms with E-state index in [4.69, 9.17) is 9.73 Å². The summed E-state index contributed by atoms with van der Waals surface area (Å²) in [5.74, 6) is 0.620. The molecular formula is C22H31FN4O. The summed E-state index contributed by atoms with van der Waals surface area (Å²) in [6, 6.07) is 14.8. The number of rotatable bonds is 9. The normalized spacial score (nSPS) is 12.7. The van der Waals surface area contributed by atoms with Gasteiger partial charge in [0.15, 0.2) is 17.5 Å². The summed E-state index contributed by atoms with van der Waals surface area (Å²) in [5.41, 5.74) is 2.47. The zero-order valence-electron chi connectivity index (χ0n) is 17.2. The van der Waals surface area contributed by atoms with Crippen molar-refractivity contribution in [1.82, 2.24) is 15.5 Å². The van der Waals surface area contributed by atoms with Crippen LogP contribution in [-0.2, 0) is 13.1 Å². The van der Waals surface area contributed by atoms with Gasteiger partial charge in [-0.3, -0.25) is 0 Å². The van der Waals surface area contributed by atoms with Crippen LogP contribution in [0.2, 0.25) is 0 Å². The molecule has 0 heterocycles. The molecule has 0 spiro atoms. The Morgan fingerprint density at radius 3 is 2.43 bits per heavy atom. The number of benzene rings is 2. The Hall–Kier alpha value is -2.60. The number of nitrogens with one attached hydrogen (secondary N) is 2. The molecule has 5 nitrogen and oxygen atoms in total. The summed E-state index contributed by atoms with van der Waals surface area (Å²) in [6.45, 7) is 6.66. The largest absolute Gasteiger partial charge is 0.486 e. The lowest BCUT2D eigenvalue weighted by molar-refractivity contribution is 0.214. The molecule has 6 heteroatoms. The van der Waals surface area contributed by atoms with Crippen LogP contribution in [0, 0.1) is 5.82 Å². The summed E-state index contributed by atoms with van der Waals surface area (Å²) in [7, 11) is 4.12. The molecule has 0 amide bonds. The quantitative estimate of drug-likeness (QED) is 0.512. The van der Waals surface area contributed by atoms with Crippen molar-refractivity contribution in [3.05, 3.63) is 65.5 Å². The fourth-order valence-electron chi connectivity index (χ4n) is 2.75. The molecule has 2 N–H and O–H groups in total. The number of hydrogen-bond donors (Lipinski definition) is 2. The van der Waals surface area contributed by atoms with Gasteiger partial charge in [0.25, 0.3) is 0 Å². The second-order valence-corrected chi connectivity index (χ2v) is 6.94. The molecule has 0 aliphatic rings. The number of hydrogen-bond acceptors (Lipinski definition) is 3. The first kappa shape index (κ1) is 21.7. The minimum Gasteiger partial charge on any atom is -0.486 e. The Kier molecular flexibility index (Phi) is 8.75. The first-order valence-electron chi connectivity index (χ1n) is 9.64. The molecule has 0 bridgehead atoms. The zero-order chi connectivity index (χ0) is 20.4. The van der Waals surface area contributed by atoms with Gasteiger partial charge in [0, 0.05) is 13.1 Å². The molecule has 0 fully saturated rings. The maximum atomic E-state index is 13.7. The third-order valence-electron chi connectivity index (χ3n) is 4.08. The number of aliphatic imine (C=N–C) groups is 1. The lowest BCUT2D eigenvalue weighted by Crippen LogP contribution is -2.41. The van der Waals surface area contributed by atoms with Crippen LogP contribution in [0.4, 0.5) is 4.39 Å². The Balaban J connectivity index is 1.96. The lowest BCUT2D eigenvalue weighted by atomic mass is 10.1. The van der Waals surface area contributed by atoms with Gasteiger partial charge < -0.3 is 20.3 Å². The van der Waals surface area contributed by atoms with Crippen molar-refractivity contribution in [3.63, 3.8) is 0 Å². The Morgan fingerprint density at radius 2 is 1.75 bits per heavy atom. The fraction of sp³-hybridized carbons (Fsp3) is 0.409. The third-order valence-corrected chi connectivity index (χ3v) is 4.08. The predicted octanol–water partition coefficient (Wildman–Crippen LogP) is 3.41. The second-order valence-electron chi connectivity index (χ2n) is 6.94. The van der Waals surface area contributed by atoms with Crippen molar-refractivity contribution in [3.8, 4) is 5.75 Å². The van der Waals surface area contributed by atoms with E-state index in [-0.39, 0.29) is 17.7 Å². The molecule has 0 radical (unpaired) electrons. The van der Waals surface area contributed by atoms with E-state index in [1.807, 2.05) is 19.9 Å². The van der Waals surface area contributed by atoms with Crippen LogP contribution in [0.15, 0.2) is 53.5 Å². The molecule has 0 saturated heterocycles. The van der Waals surface area contributed by atoms with Gasteiger partial charge in [-0.15, -0.1) is 0 Å². The van der Waals surface area contributed by atoms with Crippen LogP contribution in [0.3, 0.4) is 0 Å². The highest BCUT2D eigenvalue weighted by molar-refractivity contribution is 5.79. The highest BCUT2D eigenvalue weighted by Crippen LogP contribution is 2.16. The second kappa shape index (κ2) is 11.3. The third kappa shape index (κ3) is 7.19. The van der Waals surface area contributed by atoms with Crippen LogP contribution in [0.25, 0.3) is 0 Å². The molecule has 2 aromatic carbocycles. The molecule has 0 aliphatic heterocycles. The van der Waals surface area contributed by atoms with Crippen LogP contribution in [0.1, 0.15) is 25.0 Å². The maximum absolute atomic E-state index is 13.7. The van der Waals surface area contributed by atoms with Gasteiger partial charge in [-0.2, -0.15) is 0 Å². The van der Waals surface area contributed by atoms with E-state index < -0.39 is 0 Å². The number of halogens is 1. The topological polar surface area (TPSA) is 48.9 Å². The standard InChI is InChI=1S/C22H31FN4O/c1-5-24-22(25-14-17(2)28-21-13-9-8-12-20(21)23)26-15-18-10-6-7-11-19(18)16-27(3)4/h6-13,17H,5,14-16H2,1-4H3,(H2,24,25,26). The van der Waals surface area contributed by atoms with Crippen molar-refractivity contribution in [1.29, 1.82) is 0 Å². The van der Waals surface area contributed by atoms with Crippen molar-refractivity contribution in [2.24, 2.45) is 4.99 Å². The molecule has 28 heavy (non-hydrogen) atoms. The number of guanidine groups is 1. The van der Waals surface area contributed by atoms with Crippen LogP contribution in [0.5, 0.6) is 5.75 Å². The number of nitrogens with zero attached hydrogens (tertiary/aromatic N) is 2. The average molecular weight is 387 g/mol. The molecule has 0 aliphatic carbocycles. The van der Waals surface area contributed by atoms with Gasteiger partial charge in [0.05, 0.1) is 13.1 Å². The van der Waals surface area contributed by atoms with Crippen molar-refractivity contribution < 1.29 is 9.13 Å². The summed E-state index contributed by atoms with van der Waals surface area (Å²) in [4.78, 5) is 6.84. The highest BCUT2D eigenvalue weighted by atomic mass is 19.1. The van der Waals surface area contributed by atoms with Crippen LogP contribution < -0.4 is 15.4 Å². The molecule has 1 atom stereocenters. The van der Waals surface area contributed by atoms with E-state index in [1.54, 1.807) is 18.2 Å². The van der Waals surface area contributed by atoms with Crippen molar-refractivity contribution >= 4 is 5.96 Å². The van der Waals surface area contributed by atoms with Crippen LogP contribution >= 0.6 is 0 Å². The van der Waals surface area contributed by atoms with Gasteiger partial charge in [0.1, 0.15) is 6.10 Å². The monoisotopic (exact) mass is 386 g/mol.